The fourth-order valence-corrected chi connectivity index (χ4v) is 6.82. The molecule has 0 bridgehead atoms. The molecule has 1 aliphatic rings. The van der Waals surface area contributed by atoms with Crippen LogP contribution in [-0.4, -0.2) is 49.2 Å². The summed E-state index contributed by atoms with van der Waals surface area (Å²) in [5, 5.41) is 6.61. The number of sulfone groups is 1. The first-order chi connectivity index (χ1) is 21.0. The highest BCUT2D eigenvalue weighted by Gasteiger charge is 2.38. The molecule has 2 heterocycles. The van der Waals surface area contributed by atoms with Crippen LogP contribution in [0.25, 0.3) is 10.8 Å². The summed E-state index contributed by atoms with van der Waals surface area (Å²) in [5.74, 6) is -0.617. The molecular formula is C32H34FN5O5S. The van der Waals surface area contributed by atoms with E-state index >= 15 is 4.39 Å². The molecule has 2 atom stereocenters. The van der Waals surface area contributed by atoms with Gasteiger partial charge in [0.1, 0.15) is 17.7 Å². The second-order valence-corrected chi connectivity index (χ2v) is 13.4. The van der Waals surface area contributed by atoms with Crippen molar-refractivity contribution < 1.29 is 27.1 Å². The predicted octanol–water partition coefficient (Wildman–Crippen LogP) is 5.83. The van der Waals surface area contributed by atoms with Gasteiger partial charge in [0, 0.05) is 35.1 Å². The zero-order chi connectivity index (χ0) is 31.6. The van der Waals surface area contributed by atoms with Gasteiger partial charge in [-0.15, -0.1) is 0 Å². The lowest BCUT2D eigenvalue weighted by molar-refractivity contribution is -0.133. The molecule has 0 spiro atoms. The maximum Gasteiger partial charge on any atom is 0.411 e. The normalized spacial score (nSPS) is 15.8. The van der Waals surface area contributed by atoms with Crippen molar-refractivity contribution in [1.82, 2.24) is 9.88 Å². The number of hydrogen-bond donors (Lipinski definition) is 3. The number of fused-ring (bicyclic) bond motifs is 1. The molecule has 1 fully saturated rings. The monoisotopic (exact) mass is 619 g/mol. The van der Waals surface area contributed by atoms with Gasteiger partial charge in [-0.25, -0.2) is 22.6 Å². The minimum absolute atomic E-state index is 0.0729. The van der Waals surface area contributed by atoms with Gasteiger partial charge in [-0.05, 0) is 86.2 Å². The van der Waals surface area contributed by atoms with Crippen LogP contribution in [0.15, 0.2) is 77.8 Å². The number of nitrogens with two attached hydrogens (primary N) is 1. The van der Waals surface area contributed by atoms with Crippen LogP contribution in [0, 0.1) is 5.82 Å². The minimum atomic E-state index is -3.77. The largest absolute Gasteiger partial charge is 0.453 e. The topological polar surface area (TPSA) is 144 Å². The number of amides is 2. The molecule has 2 amide bonds. The number of aromatic nitrogens is 1. The SMILES string of the molecule is COC(=O)Nc1ccc(S(=O)(=O)C(C)C)c([C@H]2CCCN2C(=O)[C@H](Nc2ccc3c(N)nccc3c2)c2ccccc2F)c1. The summed E-state index contributed by atoms with van der Waals surface area (Å²) in [6.45, 7) is 3.50. The van der Waals surface area contributed by atoms with Crippen LogP contribution in [0.1, 0.15) is 49.9 Å². The van der Waals surface area contributed by atoms with Crippen molar-refractivity contribution in [2.75, 3.05) is 30.0 Å². The van der Waals surface area contributed by atoms with Crippen molar-refractivity contribution in [3.05, 3.63) is 89.9 Å². The molecule has 0 radical (unpaired) electrons. The van der Waals surface area contributed by atoms with Crippen molar-refractivity contribution in [2.45, 2.75) is 48.9 Å². The maximum absolute atomic E-state index is 15.3. The van der Waals surface area contributed by atoms with Crippen LogP contribution in [0.3, 0.4) is 0 Å². The van der Waals surface area contributed by atoms with E-state index < -0.39 is 45.0 Å². The Kier molecular flexibility index (Phi) is 8.73. The Balaban J connectivity index is 1.57. The second-order valence-electron chi connectivity index (χ2n) is 10.9. The van der Waals surface area contributed by atoms with E-state index in [1.165, 1.54) is 25.3 Å². The van der Waals surface area contributed by atoms with E-state index in [9.17, 15) is 18.0 Å². The first kappa shape index (κ1) is 30.7. The average molecular weight is 620 g/mol. The van der Waals surface area contributed by atoms with E-state index in [1.807, 2.05) is 6.07 Å². The number of halogens is 1. The van der Waals surface area contributed by atoms with E-state index in [1.54, 1.807) is 67.4 Å². The van der Waals surface area contributed by atoms with E-state index in [0.717, 1.165) is 10.8 Å². The Morgan fingerprint density at radius 1 is 1.07 bits per heavy atom. The molecule has 0 unspecified atom stereocenters. The lowest BCUT2D eigenvalue weighted by Crippen LogP contribution is -2.38. The maximum atomic E-state index is 15.3. The fraction of sp³-hybridized carbons (Fsp3) is 0.281. The predicted molar refractivity (Wildman–Crippen MR) is 167 cm³/mol. The number of benzene rings is 3. The van der Waals surface area contributed by atoms with Gasteiger partial charge in [0.25, 0.3) is 0 Å². The number of nitrogens with one attached hydrogen (secondary N) is 2. The van der Waals surface area contributed by atoms with Crippen molar-refractivity contribution >= 4 is 49.8 Å². The van der Waals surface area contributed by atoms with E-state index in [4.69, 9.17) is 10.5 Å². The fourth-order valence-electron chi connectivity index (χ4n) is 5.53. The number of pyridine rings is 1. The van der Waals surface area contributed by atoms with Crippen LogP contribution in [0.2, 0.25) is 0 Å². The Bertz CT molecular complexity index is 1830. The number of anilines is 3. The Labute approximate surface area is 255 Å². The molecule has 1 aromatic heterocycles. The zero-order valence-corrected chi connectivity index (χ0v) is 25.4. The summed E-state index contributed by atoms with van der Waals surface area (Å²) in [6.07, 6.45) is 1.94. The lowest BCUT2D eigenvalue weighted by atomic mass is 10.0. The van der Waals surface area contributed by atoms with Gasteiger partial charge in [0.2, 0.25) is 5.91 Å². The van der Waals surface area contributed by atoms with Crippen LogP contribution >= 0.6 is 0 Å². The summed E-state index contributed by atoms with van der Waals surface area (Å²) < 4.78 is 46.9. The van der Waals surface area contributed by atoms with Crippen LogP contribution in [0.4, 0.5) is 26.4 Å². The average Bonchev–Trinajstić information content (AvgIpc) is 3.50. The number of ether oxygens (including phenoxy) is 1. The molecule has 0 aliphatic carbocycles. The first-order valence-electron chi connectivity index (χ1n) is 14.2. The molecule has 10 nitrogen and oxygen atoms in total. The smallest absolute Gasteiger partial charge is 0.411 e. The Morgan fingerprint density at radius 3 is 2.55 bits per heavy atom. The van der Waals surface area contributed by atoms with Gasteiger partial charge in [-0.2, -0.15) is 0 Å². The summed E-state index contributed by atoms with van der Waals surface area (Å²) in [5.41, 5.74) is 7.42. The number of nitrogen functional groups attached to an aromatic ring is 1. The molecule has 1 aliphatic heterocycles. The molecule has 230 valence electrons. The third-order valence-corrected chi connectivity index (χ3v) is 10.1. The van der Waals surface area contributed by atoms with Crippen LogP contribution in [0.5, 0.6) is 0 Å². The summed E-state index contributed by atoms with van der Waals surface area (Å²) >= 11 is 0. The van der Waals surface area contributed by atoms with E-state index in [2.05, 4.69) is 15.6 Å². The number of nitrogens with zero attached hydrogens (tertiary/aromatic N) is 2. The van der Waals surface area contributed by atoms with Gasteiger partial charge < -0.3 is 20.7 Å². The molecule has 3 aromatic carbocycles. The standard InChI is InChI=1S/C32H34FN5O5S/c1-19(2)44(41,42)28-13-11-22(37-32(40)43-3)18-25(28)27-9-6-16-38(27)31(39)29(24-7-4-5-8-26(24)33)36-21-10-12-23-20(17-21)14-15-35-30(23)34/h4-5,7-8,10-15,17-19,27,29,36H,6,9,16H2,1-3H3,(H2,34,35)(H,37,40)/t27-,29-/m1/s1. The van der Waals surface area contributed by atoms with E-state index in [0.29, 0.717) is 42.1 Å². The number of hydrogen-bond acceptors (Lipinski definition) is 8. The quantitative estimate of drug-likeness (QED) is 0.223. The van der Waals surface area contributed by atoms with Gasteiger partial charge >= 0.3 is 6.09 Å². The van der Waals surface area contributed by atoms with Crippen molar-refractivity contribution in [1.29, 1.82) is 0 Å². The van der Waals surface area contributed by atoms with Crippen molar-refractivity contribution in [2.24, 2.45) is 0 Å². The molecule has 12 heteroatoms. The number of methoxy groups -OCH3 is 1. The third-order valence-electron chi connectivity index (χ3n) is 7.83. The molecular weight excluding hydrogens is 585 g/mol. The molecule has 0 saturated carbocycles. The van der Waals surface area contributed by atoms with Crippen LogP contribution < -0.4 is 16.4 Å². The number of carbonyl (C=O) groups is 2. The molecule has 5 rings (SSSR count). The highest BCUT2D eigenvalue weighted by atomic mass is 32.2. The number of rotatable bonds is 8. The van der Waals surface area contributed by atoms with Crippen LogP contribution in [-0.2, 0) is 19.4 Å². The highest BCUT2D eigenvalue weighted by Crippen LogP contribution is 2.40. The Hall–Kier alpha value is -4.71. The number of carbonyl (C=O) groups excluding carboxylic acids is 2. The van der Waals surface area contributed by atoms with Gasteiger partial charge in [-0.3, -0.25) is 10.1 Å². The minimum Gasteiger partial charge on any atom is -0.453 e. The van der Waals surface area contributed by atoms with Crippen molar-refractivity contribution in [3.8, 4) is 0 Å². The molecule has 4 N–H and O–H groups in total. The lowest BCUT2D eigenvalue weighted by Gasteiger charge is -2.32. The summed E-state index contributed by atoms with van der Waals surface area (Å²) in [4.78, 5) is 32.2. The summed E-state index contributed by atoms with van der Waals surface area (Å²) in [6, 6.07) is 15.9. The molecule has 44 heavy (non-hydrogen) atoms. The first-order valence-corrected chi connectivity index (χ1v) is 15.7. The van der Waals surface area contributed by atoms with Gasteiger partial charge in [-0.1, -0.05) is 18.2 Å². The van der Waals surface area contributed by atoms with E-state index in [-0.39, 0.29) is 10.5 Å². The number of likely N-dealkylation sites (tertiary alicyclic amines) is 1. The molecule has 1 saturated heterocycles. The Morgan fingerprint density at radius 2 is 1.82 bits per heavy atom. The zero-order valence-electron chi connectivity index (χ0n) is 24.6. The third kappa shape index (κ3) is 6.02. The molecule has 4 aromatic rings. The van der Waals surface area contributed by atoms with Crippen molar-refractivity contribution in [3.63, 3.8) is 0 Å². The van der Waals surface area contributed by atoms with Gasteiger partial charge in [0.05, 0.1) is 23.3 Å². The second kappa shape index (κ2) is 12.5. The van der Waals surface area contributed by atoms with Gasteiger partial charge in [0.15, 0.2) is 9.84 Å². The highest BCUT2D eigenvalue weighted by molar-refractivity contribution is 7.92. The summed E-state index contributed by atoms with van der Waals surface area (Å²) in [7, 11) is -2.55.